The third-order valence-corrected chi connectivity index (χ3v) is 6.60. The summed E-state index contributed by atoms with van der Waals surface area (Å²) in [7, 11) is 1.72. The zero-order valence-corrected chi connectivity index (χ0v) is 22.7. The molecule has 0 atom stereocenters. The van der Waals surface area contributed by atoms with Crippen molar-refractivity contribution in [3.05, 3.63) is 93.6 Å². The Bertz CT molecular complexity index is 1330. The van der Waals surface area contributed by atoms with E-state index in [2.05, 4.69) is 31.1 Å². The lowest BCUT2D eigenvalue weighted by Crippen LogP contribution is -2.16. The minimum Gasteiger partial charge on any atom is -0.489 e. The number of alkyl halides is 1. The van der Waals surface area contributed by atoms with E-state index in [1.807, 2.05) is 30.3 Å². The summed E-state index contributed by atoms with van der Waals surface area (Å²) in [6.45, 7) is 8.45. The second kappa shape index (κ2) is 13.4. The molecule has 8 heteroatoms. The second-order valence-corrected chi connectivity index (χ2v) is 9.56. The lowest BCUT2D eigenvalue weighted by atomic mass is 9.98. The van der Waals surface area contributed by atoms with Gasteiger partial charge in [-0.2, -0.15) is 5.48 Å². The number of rotatable bonds is 12. The van der Waals surface area contributed by atoms with Crippen molar-refractivity contribution in [2.24, 2.45) is 11.1 Å². The molecule has 6 nitrogen and oxygen atoms in total. The fourth-order valence-corrected chi connectivity index (χ4v) is 4.46. The van der Waals surface area contributed by atoms with Crippen molar-refractivity contribution < 1.29 is 14.4 Å². The number of carbonyl (C=O) groups excluding carboxylic acids is 1. The number of nitrogens with one attached hydrogen (secondary N) is 1. The fraction of sp³-hybridized carbons (Fsp3) is 0.276. The number of nitroso groups, excluding NO2 is 1. The summed E-state index contributed by atoms with van der Waals surface area (Å²) in [4.78, 5) is 28.3. The summed E-state index contributed by atoms with van der Waals surface area (Å²) in [5.41, 5.74) is 6.70. The molecule has 0 aliphatic rings. The molecule has 0 aliphatic heterocycles. The van der Waals surface area contributed by atoms with Crippen LogP contribution in [0.1, 0.15) is 37.0 Å². The SMILES string of the molecule is C=C(CCl)CC/C(COc1ccc(-c2ccc3c(C(=O)N=O)cccc3c2)c(Cl)c1)=C(\ONC)C(C)C. The van der Waals surface area contributed by atoms with Gasteiger partial charge in [0.1, 0.15) is 18.1 Å². The van der Waals surface area contributed by atoms with Crippen LogP contribution in [0.4, 0.5) is 0 Å². The number of fused-ring (bicyclic) bond motifs is 1. The summed E-state index contributed by atoms with van der Waals surface area (Å²) in [6.07, 6.45) is 1.46. The highest BCUT2D eigenvalue weighted by Crippen LogP contribution is 2.34. The van der Waals surface area contributed by atoms with Crippen molar-refractivity contribution in [3.8, 4) is 16.9 Å². The van der Waals surface area contributed by atoms with Crippen LogP contribution in [0, 0.1) is 10.8 Å². The van der Waals surface area contributed by atoms with Crippen LogP contribution < -0.4 is 10.2 Å². The molecule has 3 aromatic carbocycles. The van der Waals surface area contributed by atoms with Crippen LogP contribution in [-0.2, 0) is 4.84 Å². The van der Waals surface area contributed by atoms with Gasteiger partial charge in [0.15, 0.2) is 0 Å². The number of hydrogen-bond acceptors (Lipinski definition) is 5. The van der Waals surface area contributed by atoms with E-state index in [-0.39, 0.29) is 11.5 Å². The minimum absolute atomic E-state index is 0.160. The number of nitrogens with zero attached hydrogens (tertiary/aromatic N) is 1. The Kier molecular flexibility index (Phi) is 10.3. The number of amides is 1. The molecular weight excluding hydrogens is 511 g/mol. The number of ether oxygens (including phenoxy) is 1. The van der Waals surface area contributed by atoms with E-state index in [0.29, 0.717) is 35.1 Å². The average molecular weight is 541 g/mol. The first-order chi connectivity index (χ1) is 17.8. The number of hydroxylamine groups is 1. The first-order valence-electron chi connectivity index (χ1n) is 11.9. The van der Waals surface area contributed by atoms with E-state index in [1.165, 1.54) is 0 Å². The molecule has 37 heavy (non-hydrogen) atoms. The molecule has 0 radical (unpaired) electrons. The fourth-order valence-electron chi connectivity index (χ4n) is 4.05. The van der Waals surface area contributed by atoms with Crippen molar-refractivity contribution in [2.45, 2.75) is 26.7 Å². The topological polar surface area (TPSA) is 77.0 Å². The Morgan fingerprint density at radius 1 is 1.11 bits per heavy atom. The molecule has 0 bridgehead atoms. The molecule has 3 aromatic rings. The van der Waals surface area contributed by atoms with E-state index in [0.717, 1.165) is 39.8 Å². The lowest BCUT2D eigenvalue weighted by Gasteiger charge is -2.19. The van der Waals surface area contributed by atoms with Crippen molar-refractivity contribution in [3.63, 3.8) is 0 Å². The summed E-state index contributed by atoms with van der Waals surface area (Å²) in [5, 5.41) is 4.54. The van der Waals surface area contributed by atoms with Crippen LogP contribution >= 0.6 is 23.2 Å². The molecule has 1 amide bonds. The van der Waals surface area contributed by atoms with Crippen molar-refractivity contribution in [1.82, 2.24) is 5.48 Å². The Balaban J connectivity index is 1.85. The number of benzene rings is 3. The molecule has 3 rings (SSSR count). The van der Waals surface area contributed by atoms with E-state index < -0.39 is 5.91 Å². The summed E-state index contributed by atoms with van der Waals surface area (Å²) >= 11 is 12.6. The van der Waals surface area contributed by atoms with Crippen molar-refractivity contribution in [2.75, 3.05) is 19.5 Å². The highest BCUT2D eigenvalue weighted by molar-refractivity contribution is 6.33. The van der Waals surface area contributed by atoms with Crippen LogP contribution in [0.3, 0.4) is 0 Å². The monoisotopic (exact) mass is 540 g/mol. The molecule has 0 fully saturated rings. The van der Waals surface area contributed by atoms with E-state index >= 15 is 0 Å². The molecule has 0 heterocycles. The normalized spacial score (nSPS) is 11.8. The first-order valence-corrected chi connectivity index (χ1v) is 12.8. The van der Waals surface area contributed by atoms with Gasteiger partial charge in [-0.15, -0.1) is 16.5 Å². The van der Waals surface area contributed by atoms with E-state index in [9.17, 15) is 9.70 Å². The molecule has 0 unspecified atom stereocenters. The maximum atomic E-state index is 11.8. The molecular formula is C29H30Cl2N2O4. The van der Waals surface area contributed by atoms with Gasteiger partial charge in [-0.3, -0.25) is 4.79 Å². The number of hydrogen-bond donors (Lipinski definition) is 1. The Morgan fingerprint density at radius 3 is 2.54 bits per heavy atom. The smallest absolute Gasteiger partial charge is 0.317 e. The van der Waals surface area contributed by atoms with Gasteiger partial charge >= 0.3 is 5.91 Å². The van der Waals surface area contributed by atoms with Crippen molar-refractivity contribution in [1.29, 1.82) is 0 Å². The van der Waals surface area contributed by atoms with Gasteiger partial charge in [0, 0.05) is 35.2 Å². The lowest BCUT2D eigenvalue weighted by molar-refractivity contribution is 0.0993. The highest BCUT2D eigenvalue weighted by atomic mass is 35.5. The molecule has 194 valence electrons. The molecule has 0 saturated carbocycles. The molecule has 0 spiro atoms. The van der Waals surface area contributed by atoms with Crippen LogP contribution in [-0.4, -0.2) is 25.4 Å². The van der Waals surface area contributed by atoms with Crippen LogP contribution in [0.2, 0.25) is 5.02 Å². The maximum Gasteiger partial charge on any atom is 0.317 e. The summed E-state index contributed by atoms with van der Waals surface area (Å²) < 4.78 is 6.12. The zero-order valence-electron chi connectivity index (χ0n) is 21.1. The number of allylic oxidation sites excluding steroid dienone is 2. The molecule has 0 aromatic heterocycles. The predicted octanol–water partition coefficient (Wildman–Crippen LogP) is 8.08. The van der Waals surface area contributed by atoms with E-state index in [4.69, 9.17) is 32.8 Å². The highest BCUT2D eigenvalue weighted by Gasteiger charge is 2.16. The first kappa shape index (κ1) is 28.4. The third kappa shape index (κ3) is 7.19. The summed E-state index contributed by atoms with van der Waals surface area (Å²) in [5.74, 6) is 1.23. The van der Waals surface area contributed by atoms with Gasteiger partial charge in [0.05, 0.1) is 10.6 Å². The number of halogens is 2. The average Bonchev–Trinajstić information content (AvgIpc) is 2.90. The Hall–Kier alpha value is -3.19. The second-order valence-electron chi connectivity index (χ2n) is 8.88. The van der Waals surface area contributed by atoms with Crippen LogP contribution in [0.15, 0.2) is 83.3 Å². The largest absolute Gasteiger partial charge is 0.489 e. The van der Waals surface area contributed by atoms with Gasteiger partial charge in [0.2, 0.25) is 0 Å². The van der Waals surface area contributed by atoms with Gasteiger partial charge in [-0.1, -0.05) is 61.9 Å². The molecule has 0 saturated heterocycles. The standard InChI is InChI=1S/C29H30Cl2N2O4/c1-18(2)28(37-32-4)22(9-8-19(3)16-30)17-36-23-11-13-25(27(31)15-23)21-10-12-24-20(14-21)6-5-7-26(24)29(34)33-35/h5-7,10-15,18,32H,3,8-9,16-17H2,1-2,4H3/b28-22+. The number of carbonyl (C=O) groups is 1. The predicted molar refractivity (Wildman–Crippen MR) is 151 cm³/mol. The zero-order chi connectivity index (χ0) is 26.9. The van der Waals surface area contributed by atoms with Gasteiger partial charge in [-0.25, -0.2) is 0 Å². The third-order valence-electron chi connectivity index (χ3n) is 5.91. The van der Waals surface area contributed by atoms with Crippen LogP contribution in [0.25, 0.3) is 21.9 Å². The van der Waals surface area contributed by atoms with E-state index in [1.54, 1.807) is 31.3 Å². The quantitative estimate of drug-likeness (QED) is 0.0825. The summed E-state index contributed by atoms with van der Waals surface area (Å²) in [6, 6.07) is 16.3. The van der Waals surface area contributed by atoms with Gasteiger partial charge < -0.3 is 9.57 Å². The Labute approximate surface area is 227 Å². The van der Waals surface area contributed by atoms with Crippen molar-refractivity contribution >= 4 is 39.9 Å². The maximum absolute atomic E-state index is 11.8. The minimum atomic E-state index is -0.793. The van der Waals surface area contributed by atoms with Gasteiger partial charge in [0.25, 0.3) is 0 Å². The molecule has 1 N–H and O–H groups in total. The Morgan fingerprint density at radius 2 is 1.89 bits per heavy atom. The van der Waals surface area contributed by atoms with Crippen LogP contribution in [0.5, 0.6) is 5.75 Å². The van der Waals surface area contributed by atoms with Gasteiger partial charge in [-0.05, 0) is 59.5 Å². The molecule has 0 aliphatic carbocycles.